The minimum Gasteiger partial charge on any atom is -0.496 e. The molecule has 18 heavy (non-hydrogen) atoms. The first-order chi connectivity index (χ1) is 8.74. The SMILES string of the molecule is COc1cc(=O)oc2cc(OCCCO)ccc12. The highest BCUT2D eigenvalue weighted by Gasteiger charge is 2.07. The van der Waals surface area contributed by atoms with E-state index in [9.17, 15) is 4.79 Å². The van der Waals surface area contributed by atoms with E-state index in [0.29, 0.717) is 35.5 Å². The van der Waals surface area contributed by atoms with Gasteiger partial charge < -0.3 is 19.0 Å². The minimum atomic E-state index is -0.466. The number of aliphatic hydroxyl groups is 1. The molecule has 0 atom stereocenters. The maximum atomic E-state index is 11.3. The molecule has 5 nitrogen and oxygen atoms in total. The maximum absolute atomic E-state index is 11.3. The molecule has 0 bridgehead atoms. The fourth-order valence-electron chi connectivity index (χ4n) is 1.63. The predicted molar refractivity (Wildman–Crippen MR) is 66.2 cm³/mol. The number of hydrogen-bond donors (Lipinski definition) is 1. The van der Waals surface area contributed by atoms with Crippen LogP contribution in [0, 0.1) is 0 Å². The topological polar surface area (TPSA) is 68.9 Å². The summed E-state index contributed by atoms with van der Waals surface area (Å²) < 4.78 is 15.6. The summed E-state index contributed by atoms with van der Waals surface area (Å²) in [7, 11) is 1.50. The van der Waals surface area contributed by atoms with Gasteiger partial charge in [0, 0.05) is 19.1 Å². The zero-order valence-electron chi connectivity index (χ0n) is 10.0. The van der Waals surface area contributed by atoms with Gasteiger partial charge >= 0.3 is 5.63 Å². The van der Waals surface area contributed by atoms with Gasteiger partial charge in [0.2, 0.25) is 0 Å². The Hall–Kier alpha value is -2.01. The van der Waals surface area contributed by atoms with Gasteiger partial charge in [-0.25, -0.2) is 4.79 Å². The fraction of sp³-hybridized carbons (Fsp3) is 0.308. The molecule has 2 rings (SSSR count). The molecule has 1 heterocycles. The number of benzene rings is 1. The second-order valence-corrected chi connectivity index (χ2v) is 3.72. The standard InChI is InChI=1S/C13H14O5/c1-16-11-8-13(15)18-12-7-9(3-4-10(11)12)17-6-2-5-14/h3-4,7-8,14H,2,5-6H2,1H3. The molecule has 0 aliphatic heterocycles. The lowest BCUT2D eigenvalue weighted by molar-refractivity contribution is 0.233. The van der Waals surface area contributed by atoms with Gasteiger partial charge in [0.05, 0.1) is 25.2 Å². The zero-order valence-corrected chi connectivity index (χ0v) is 10.0. The van der Waals surface area contributed by atoms with Crippen LogP contribution in [0.15, 0.2) is 33.5 Å². The summed E-state index contributed by atoms with van der Waals surface area (Å²) in [4.78, 5) is 11.3. The summed E-state index contributed by atoms with van der Waals surface area (Å²) in [5.41, 5.74) is -0.0484. The number of aliphatic hydroxyl groups excluding tert-OH is 1. The lowest BCUT2D eigenvalue weighted by Crippen LogP contribution is -2.01. The molecule has 96 valence electrons. The van der Waals surface area contributed by atoms with Crippen molar-refractivity contribution in [2.24, 2.45) is 0 Å². The first-order valence-corrected chi connectivity index (χ1v) is 5.60. The minimum absolute atomic E-state index is 0.0798. The monoisotopic (exact) mass is 250 g/mol. The van der Waals surface area contributed by atoms with Gasteiger partial charge in [0.1, 0.15) is 17.1 Å². The second-order valence-electron chi connectivity index (χ2n) is 3.72. The lowest BCUT2D eigenvalue weighted by atomic mass is 10.2. The quantitative estimate of drug-likeness (QED) is 0.644. The molecule has 2 aromatic rings. The molecule has 0 aliphatic carbocycles. The van der Waals surface area contributed by atoms with Gasteiger partial charge in [-0.2, -0.15) is 0 Å². The third-order valence-electron chi connectivity index (χ3n) is 2.47. The van der Waals surface area contributed by atoms with E-state index in [0.717, 1.165) is 0 Å². The Morgan fingerprint density at radius 2 is 2.17 bits per heavy atom. The summed E-state index contributed by atoms with van der Waals surface area (Å²) in [6, 6.07) is 6.47. The maximum Gasteiger partial charge on any atom is 0.339 e. The number of ether oxygens (including phenoxy) is 2. The van der Waals surface area contributed by atoms with E-state index in [1.54, 1.807) is 18.2 Å². The van der Waals surface area contributed by atoms with Crippen molar-refractivity contribution in [1.82, 2.24) is 0 Å². The van der Waals surface area contributed by atoms with Crippen molar-refractivity contribution in [2.75, 3.05) is 20.3 Å². The molecule has 5 heteroatoms. The van der Waals surface area contributed by atoms with Crippen molar-refractivity contribution in [3.63, 3.8) is 0 Å². The summed E-state index contributed by atoms with van der Waals surface area (Å²) in [5, 5.41) is 9.38. The van der Waals surface area contributed by atoms with E-state index in [1.807, 2.05) is 0 Å². The lowest BCUT2D eigenvalue weighted by Gasteiger charge is -2.07. The van der Waals surface area contributed by atoms with Crippen LogP contribution in [-0.4, -0.2) is 25.4 Å². The third kappa shape index (κ3) is 2.62. The first kappa shape index (κ1) is 12.4. The Bertz CT molecular complexity index is 587. The molecule has 0 saturated carbocycles. The van der Waals surface area contributed by atoms with Crippen LogP contribution in [-0.2, 0) is 0 Å². The van der Waals surface area contributed by atoms with E-state index in [2.05, 4.69) is 0 Å². The molecule has 1 aromatic heterocycles. The summed E-state index contributed by atoms with van der Waals surface area (Å²) in [5.74, 6) is 1.07. The normalized spacial score (nSPS) is 10.6. The molecule has 0 fully saturated rings. The number of hydrogen-bond acceptors (Lipinski definition) is 5. The number of methoxy groups -OCH3 is 1. The summed E-state index contributed by atoms with van der Waals surface area (Å²) in [6.07, 6.45) is 0.556. The van der Waals surface area contributed by atoms with Crippen molar-refractivity contribution in [1.29, 1.82) is 0 Å². The highest BCUT2D eigenvalue weighted by molar-refractivity contribution is 5.84. The van der Waals surface area contributed by atoms with Crippen LogP contribution >= 0.6 is 0 Å². The summed E-state index contributed by atoms with van der Waals surface area (Å²) in [6.45, 7) is 0.493. The Labute approximate surface area is 104 Å². The van der Waals surface area contributed by atoms with Crippen molar-refractivity contribution < 1.29 is 19.0 Å². The van der Waals surface area contributed by atoms with Crippen molar-refractivity contribution in [2.45, 2.75) is 6.42 Å². The second kappa shape index (κ2) is 5.55. The van der Waals surface area contributed by atoms with E-state index >= 15 is 0 Å². The summed E-state index contributed by atoms with van der Waals surface area (Å²) >= 11 is 0. The Kier molecular flexibility index (Phi) is 3.84. The third-order valence-corrected chi connectivity index (χ3v) is 2.47. The van der Waals surface area contributed by atoms with Crippen LogP contribution in [0.2, 0.25) is 0 Å². The van der Waals surface area contributed by atoms with Crippen LogP contribution in [0.3, 0.4) is 0 Å². The van der Waals surface area contributed by atoms with Gasteiger partial charge in [-0.1, -0.05) is 0 Å². The van der Waals surface area contributed by atoms with Crippen molar-refractivity contribution in [3.8, 4) is 11.5 Å². The average Bonchev–Trinajstić information content (AvgIpc) is 2.37. The molecular formula is C13H14O5. The van der Waals surface area contributed by atoms with Gasteiger partial charge in [-0.3, -0.25) is 0 Å². The average molecular weight is 250 g/mol. The predicted octanol–water partition coefficient (Wildman–Crippen LogP) is 1.56. The first-order valence-electron chi connectivity index (χ1n) is 5.60. The van der Waals surface area contributed by atoms with Crippen LogP contribution in [0.5, 0.6) is 11.5 Å². The van der Waals surface area contributed by atoms with Gasteiger partial charge in [-0.15, -0.1) is 0 Å². The molecule has 0 radical (unpaired) electrons. The molecule has 1 N–H and O–H groups in total. The van der Waals surface area contributed by atoms with Crippen molar-refractivity contribution in [3.05, 3.63) is 34.7 Å². The van der Waals surface area contributed by atoms with Gasteiger partial charge in [-0.05, 0) is 12.1 Å². The molecule has 0 amide bonds. The van der Waals surface area contributed by atoms with Crippen molar-refractivity contribution >= 4 is 11.0 Å². The molecular weight excluding hydrogens is 236 g/mol. The van der Waals surface area contributed by atoms with E-state index in [1.165, 1.54) is 13.2 Å². The molecule has 0 spiro atoms. The van der Waals surface area contributed by atoms with Crippen LogP contribution in [0.25, 0.3) is 11.0 Å². The van der Waals surface area contributed by atoms with Crippen LogP contribution < -0.4 is 15.1 Å². The van der Waals surface area contributed by atoms with E-state index in [-0.39, 0.29) is 6.61 Å². The van der Waals surface area contributed by atoms with E-state index < -0.39 is 5.63 Å². The zero-order chi connectivity index (χ0) is 13.0. The highest BCUT2D eigenvalue weighted by atomic mass is 16.5. The Morgan fingerprint density at radius 1 is 1.33 bits per heavy atom. The fourth-order valence-corrected chi connectivity index (χ4v) is 1.63. The largest absolute Gasteiger partial charge is 0.496 e. The van der Waals surface area contributed by atoms with Gasteiger partial charge in [0.15, 0.2) is 0 Å². The number of fused-ring (bicyclic) bond motifs is 1. The van der Waals surface area contributed by atoms with Crippen LogP contribution in [0.1, 0.15) is 6.42 Å². The smallest absolute Gasteiger partial charge is 0.339 e. The molecule has 1 aromatic carbocycles. The van der Waals surface area contributed by atoms with Gasteiger partial charge in [0.25, 0.3) is 0 Å². The molecule has 0 unspecified atom stereocenters. The van der Waals surface area contributed by atoms with E-state index in [4.69, 9.17) is 19.0 Å². The Balaban J connectivity index is 2.36. The highest BCUT2D eigenvalue weighted by Crippen LogP contribution is 2.26. The van der Waals surface area contributed by atoms with Crippen LogP contribution in [0.4, 0.5) is 0 Å². The molecule has 0 saturated heterocycles. The molecule has 0 aliphatic rings. The Morgan fingerprint density at radius 3 is 2.89 bits per heavy atom. The number of rotatable bonds is 5.